The third-order valence-electron chi connectivity index (χ3n) is 5.02. The molecule has 0 bridgehead atoms. The third kappa shape index (κ3) is 2.08. The van der Waals surface area contributed by atoms with E-state index in [1.807, 2.05) is 24.3 Å². The van der Waals surface area contributed by atoms with Crippen molar-refractivity contribution in [2.24, 2.45) is 22.6 Å². The monoisotopic (exact) mass is 291 g/mol. The van der Waals surface area contributed by atoms with Gasteiger partial charge in [-0.05, 0) is 55.4 Å². The molecule has 20 heavy (non-hydrogen) atoms. The largest absolute Gasteiger partial charge is 0.369 e. The summed E-state index contributed by atoms with van der Waals surface area (Å²) in [5.41, 5.74) is 7.36. The van der Waals surface area contributed by atoms with Gasteiger partial charge in [0.05, 0.1) is 12.1 Å². The zero-order valence-electron chi connectivity index (χ0n) is 12.1. The molecule has 1 aliphatic carbocycles. The molecule has 3 unspecified atom stereocenters. The summed E-state index contributed by atoms with van der Waals surface area (Å²) < 4.78 is 0. The first kappa shape index (κ1) is 13.7. The van der Waals surface area contributed by atoms with Gasteiger partial charge in [-0.2, -0.15) is 0 Å². The summed E-state index contributed by atoms with van der Waals surface area (Å²) in [6.07, 6.45) is 3.65. The highest BCUT2D eigenvalue weighted by Crippen LogP contribution is 2.45. The molecule has 1 aliphatic heterocycles. The van der Waals surface area contributed by atoms with Gasteiger partial charge in [-0.1, -0.05) is 25.4 Å². The van der Waals surface area contributed by atoms with Crippen molar-refractivity contribution in [2.45, 2.75) is 38.6 Å². The summed E-state index contributed by atoms with van der Waals surface area (Å²) in [4.78, 5) is 6.81. The Morgan fingerprint density at radius 2 is 2.00 bits per heavy atom. The van der Waals surface area contributed by atoms with Crippen LogP contribution in [0.5, 0.6) is 0 Å². The fraction of sp³-hybridized carbons (Fsp3) is 0.562. The van der Waals surface area contributed by atoms with Gasteiger partial charge in [0.2, 0.25) is 0 Å². The summed E-state index contributed by atoms with van der Waals surface area (Å²) in [6, 6.07) is 7.93. The maximum atomic E-state index is 6.19. The summed E-state index contributed by atoms with van der Waals surface area (Å²) in [5, 5.41) is 0.753. The Bertz CT molecular complexity index is 525. The Morgan fingerprint density at radius 3 is 2.65 bits per heavy atom. The minimum absolute atomic E-state index is 0.0599. The van der Waals surface area contributed by atoms with E-state index < -0.39 is 0 Å². The zero-order chi connectivity index (χ0) is 14.3. The zero-order valence-corrected chi connectivity index (χ0v) is 12.9. The van der Waals surface area contributed by atoms with Crippen LogP contribution in [0.4, 0.5) is 5.69 Å². The molecule has 2 aliphatic rings. The van der Waals surface area contributed by atoms with E-state index in [1.54, 1.807) is 0 Å². The molecular weight excluding hydrogens is 270 g/mol. The standard InChI is InChI=1S/C16H22ClN3/c1-11-7-8-16(12(2)9-11)10-19-15(18)20(16)14-5-3-13(17)4-6-14/h3-6,11-12H,7-10H2,1-2H3,(H2,18,19). The Hall–Kier alpha value is -1.22. The average molecular weight is 292 g/mol. The number of halogens is 1. The highest BCUT2D eigenvalue weighted by molar-refractivity contribution is 6.30. The molecular formula is C16H22ClN3. The molecule has 3 nitrogen and oxygen atoms in total. The number of benzene rings is 1. The first-order valence-corrected chi connectivity index (χ1v) is 7.76. The van der Waals surface area contributed by atoms with Crippen LogP contribution in [0.1, 0.15) is 33.1 Å². The normalized spacial score (nSPS) is 33.5. The molecule has 1 aromatic rings. The first-order valence-electron chi connectivity index (χ1n) is 7.38. The fourth-order valence-electron chi connectivity index (χ4n) is 3.82. The van der Waals surface area contributed by atoms with Crippen LogP contribution >= 0.6 is 11.6 Å². The average Bonchev–Trinajstić information content (AvgIpc) is 2.74. The van der Waals surface area contributed by atoms with Crippen LogP contribution in [0.3, 0.4) is 0 Å². The van der Waals surface area contributed by atoms with Crippen LogP contribution in [-0.2, 0) is 0 Å². The van der Waals surface area contributed by atoms with Gasteiger partial charge in [0.15, 0.2) is 5.96 Å². The number of nitrogens with zero attached hydrogens (tertiary/aromatic N) is 2. The molecule has 108 valence electrons. The number of rotatable bonds is 1. The van der Waals surface area contributed by atoms with Crippen LogP contribution in [0, 0.1) is 11.8 Å². The van der Waals surface area contributed by atoms with Gasteiger partial charge in [0.25, 0.3) is 0 Å². The Labute approximate surface area is 125 Å². The lowest BCUT2D eigenvalue weighted by atomic mass is 9.69. The second-order valence-corrected chi connectivity index (χ2v) is 6.81. The summed E-state index contributed by atoms with van der Waals surface area (Å²) in [5.74, 6) is 2.03. The second kappa shape index (κ2) is 4.96. The molecule has 1 spiro atoms. The van der Waals surface area contributed by atoms with E-state index in [0.29, 0.717) is 11.9 Å². The van der Waals surface area contributed by atoms with Crippen molar-refractivity contribution >= 4 is 23.2 Å². The van der Waals surface area contributed by atoms with E-state index in [0.717, 1.165) is 29.6 Å². The van der Waals surface area contributed by atoms with E-state index >= 15 is 0 Å². The molecule has 0 amide bonds. The summed E-state index contributed by atoms with van der Waals surface area (Å²) in [6.45, 7) is 5.50. The van der Waals surface area contributed by atoms with Crippen LogP contribution in [-0.4, -0.2) is 18.0 Å². The maximum Gasteiger partial charge on any atom is 0.196 e. The van der Waals surface area contributed by atoms with Crippen LogP contribution in [0.25, 0.3) is 0 Å². The lowest BCUT2D eigenvalue weighted by Crippen LogP contribution is -2.58. The van der Waals surface area contributed by atoms with Gasteiger partial charge in [0, 0.05) is 10.7 Å². The molecule has 0 saturated heterocycles. The third-order valence-corrected chi connectivity index (χ3v) is 5.27. The number of anilines is 1. The molecule has 1 fully saturated rings. The highest BCUT2D eigenvalue weighted by atomic mass is 35.5. The Kier molecular flexibility index (Phi) is 3.41. The Morgan fingerprint density at radius 1 is 1.30 bits per heavy atom. The van der Waals surface area contributed by atoms with Crippen molar-refractivity contribution in [3.8, 4) is 0 Å². The molecule has 0 radical (unpaired) electrons. The van der Waals surface area contributed by atoms with Crippen molar-refractivity contribution < 1.29 is 0 Å². The van der Waals surface area contributed by atoms with Crippen LogP contribution in [0.2, 0.25) is 5.02 Å². The molecule has 1 heterocycles. The lowest BCUT2D eigenvalue weighted by molar-refractivity contribution is 0.180. The molecule has 1 saturated carbocycles. The highest BCUT2D eigenvalue weighted by Gasteiger charge is 2.49. The molecule has 0 aromatic heterocycles. The number of hydrogen-bond donors (Lipinski definition) is 1. The predicted molar refractivity (Wildman–Crippen MR) is 85.3 cm³/mol. The van der Waals surface area contributed by atoms with Gasteiger partial charge in [-0.3, -0.25) is 4.99 Å². The molecule has 3 atom stereocenters. The van der Waals surface area contributed by atoms with Crippen molar-refractivity contribution in [1.29, 1.82) is 0 Å². The van der Waals surface area contributed by atoms with Gasteiger partial charge >= 0.3 is 0 Å². The molecule has 1 aromatic carbocycles. The number of nitrogens with two attached hydrogens (primary N) is 1. The number of aliphatic imine (C=N–C) groups is 1. The topological polar surface area (TPSA) is 41.6 Å². The van der Waals surface area contributed by atoms with Crippen molar-refractivity contribution in [1.82, 2.24) is 0 Å². The molecule has 4 heteroatoms. The first-order chi connectivity index (χ1) is 9.53. The van der Waals surface area contributed by atoms with E-state index in [-0.39, 0.29) is 5.54 Å². The van der Waals surface area contributed by atoms with Gasteiger partial charge in [0.1, 0.15) is 0 Å². The fourth-order valence-corrected chi connectivity index (χ4v) is 3.94. The summed E-state index contributed by atoms with van der Waals surface area (Å²) >= 11 is 6.00. The van der Waals surface area contributed by atoms with Gasteiger partial charge < -0.3 is 10.6 Å². The quantitative estimate of drug-likeness (QED) is 0.858. The van der Waals surface area contributed by atoms with Crippen molar-refractivity contribution in [2.75, 3.05) is 11.4 Å². The van der Waals surface area contributed by atoms with Crippen LogP contribution in [0.15, 0.2) is 29.3 Å². The minimum atomic E-state index is 0.0599. The second-order valence-electron chi connectivity index (χ2n) is 6.37. The summed E-state index contributed by atoms with van der Waals surface area (Å²) in [7, 11) is 0. The Balaban J connectivity index is 1.97. The lowest BCUT2D eigenvalue weighted by Gasteiger charge is -2.48. The van der Waals surface area contributed by atoms with Gasteiger partial charge in [-0.15, -0.1) is 0 Å². The van der Waals surface area contributed by atoms with Crippen molar-refractivity contribution in [3.05, 3.63) is 29.3 Å². The predicted octanol–water partition coefficient (Wildman–Crippen LogP) is 3.67. The van der Waals surface area contributed by atoms with E-state index in [2.05, 4.69) is 23.7 Å². The minimum Gasteiger partial charge on any atom is -0.369 e. The van der Waals surface area contributed by atoms with Gasteiger partial charge in [-0.25, -0.2) is 0 Å². The maximum absolute atomic E-state index is 6.19. The van der Waals surface area contributed by atoms with Crippen LogP contribution < -0.4 is 10.6 Å². The SMILES string of the molecule is CC1CCC2(CN=C(N)N2c2ccc(Cl)cc2)C(C)C1. The van der Waals surface area contributed by atoms with Crippen molar-refractivity contribution in [3.63, 3.8) is 0 Å². The van der Waals surface area contributed by atoms with E-state index in [9.17, 15) is 0 Å². The molecule has 3 rings (SSSR count). The smallest absolute Gasteiger partial charge is 0.196 e. The van der Waals surface area contributed by atoms with E-state index in [1.165, 1.54) is 12.8 Å². The number of hydrogen-bond acceptors (Lipinski definition) is 3. The van der Waals surface area contributed by atoms with E-state index in [4.69, 9.17) is 17.3 Å². The molecule has 2 N–H and O–H groups in total. The number of guanidine groups is 1.